The first-order valence-corrected chi connectivity index (χ1v) is 23.6. The molecule has 0 radical (unpaired) electrons. The second-order valence-corrected chi connectivity index (χ2v) is 21.2. The summed E-state index contributed by atoms with van der Waals surface area (Å²) in [7, 11) is -8.02. The zero-order chi connectivity index (χ0) is 47.5. The van der Waals surface area contributed by atoms with E-state index in [-0.39, 0.29) is 55.6 Å². The number of nitrogens with zero attached hydrogens (tertiary/aromatic N) is 6. The molecule has 1 amide bonds. The summed E-state index contributed by atoms with van der Waals surface area (Å²) in [6.45, 7) is 0.439. The molecule has 2 N–H and O–H groups in total. The van der Waals surface area contributed by atoms with Gasteiger partial charge in [-0.05, 0) is 73.7 Å². The summed E-state index contributed by atoms with van der Waals surface area (Å²) in [6.07, 6.45) is -5.43. The summed E-state index contributed by atoms with van der Waals surface area (Å²) in [6, 6.07) is 6.64. The molecule has 0 bridgehead atoms. The first kappa shape index (κ1) is 45.9. The highest BCUT2D eigenvalue weighted by atomic mass is 35.5. The molecule has 0 unspecified atom stereocenters. The highest BCUT2D eigenvalue weighted by Crippen LogP contribution is 2.68. The van der Waals surface area contributed by atoms with Gasteiger partial charge in [0.25, 0.3) is 24.3 Å². The third-order valence-electron chi connectivity index (χ3n) is 11.6. The van der Waals surface area contributed by atoms with Crippen LogP contribution in [0, 0.1) is 17.6 Å². The minimum Gasteiger partial charge on any atom is -0.344 e. The number of anilines is 1. The normalized spacial score (nSPS) is 17.5. The molecule has 2 aliphatic rings. The molecule has 25 heteroatoms. The lowest BCUT2D eigenvalue weighted by Crippen LogP contribution is -2.38. The van der Waals surface area contributed by atoms with Gasteiger partial charge in [-0.15, -0.1) is 0 Å². The van der Waals surface area contributed by atoms with Crippen LogP contribution in [-0.2, 0) is 54.8 Å². The zero-order valence-corrected chi connectivity index (χ0v) is 36.6. The Morgan fingerprint density at radius 3 is 2.26 bits per heavy atom. The highest BCUT2D eigenvalue weighted by Gasteiger charge is 2.67. The maximum absolute atomic E-state index is 15.5. The first-order chi connectivity index (χ1) is 30.2. The lowest BCUT2D eigenvalue weighted by molar-refractivity contribution is -0.123. The van der Waals surface area contributed by atoms with E-state index in [0.717, 1.165) is 35.3 Å². The average Bonchev–Trinajstić information content (AvgIpc) is 3.70. The van der Waals surface area contributed by atoms with E-state index in [4.69, 9.17) is 11.6 Å². The van der Waals surface area contributed by atoms with Crippen LogP contribution in [0.2, 0.25) is 5.02 Å². The molecule has 3 atom stereocenters. The van der Waals surface area contributed by atoms with E-state index in [1.54, 1.807) is 0 Å². The van der Waals surface area contributed by atoms with Crippen LogP contribution >= 0.6 is 11.6 Å². The average molecular weight is 975 g/mol. The van der Waals surface area contributed by atoms with Crippen LogP contribution in [0.25, 0.3) is 27.5 Å². The van der Waals surface area contributed by atoms with Gasteiger partial charge in [0.2, 0.25) is 15.9 Å². The van der Waals surface area contributed by atoms with E-state index >= 15 is 13.6 Å². The Kier molecular flexibility index (Phi) is 11.1. The second kappa shape index (κ2) is 15.8. The molecule has 3 heterocycles. The predicted octanol–water partition coefficient (Wildman–Crippen LogP) is 7.03. The van der Waals surface area contributed by atoms with E-state index in [1.807, 2.05) is 0 Å². The van der Waals surface area contributed by atoms with E-state index in [0.29, 0.717) is 15.4 Å². The fraction of sp³-hybridized carbons (Fsp3) is 0.375. The number of fused-ring (bicyclic) bond motifs is 5. The van der Waals surface area contributed by atoms with Gasteiger partial charge in [-0.3, -0.25) is 28.2 Å². The number of halogens is 9. The molecule has 3 aromatic carbocycles. The topological polar surface area (TPSA) is 180 Å². The molecule has 1 fully saturated rings. The summed E-state index contributed by atoms with van der Waals surface area (Å²) < 4.78 is 170. The second-order valence-electron chi connectivity index (χ2n) is 16.5. The van der Waals surface area contributed by atoms with Crippen LogP contribution in [-0.4, -0.2) is 70.8 Å². The van der Waals surface area contributed by atoms with Crippen molar-refractivity contribution < 1.29 is 56.8 Å². The Bertz CT molecular complexity index is 3250. The number of carbonyl (C=O) groups excluding carboxylic acids is 1. The fourth-order valence-electron chi connectivity index (χ4n) is 8.34. The van der Waals surface area contributed by atoms with Gasteiger partial charge < -0.3 is 5.32 Å². The number of benzene rings is 3. The maximum Gasteiger partial charge on any atom is 0.293 e. The number of aromatic nitrogens is 6. The van der Waals surface area contributed by atoms with E-state index < -0.39 is 127 Å². The van der Waals surface area contributed by atoms with Crippen molar-refractivity contribution in [3.8, 4) is 5.69 Å². The van der Waals surface area contributed by atoms with Gasteiger partial charge in [0.05, 0.1) is 49.6 Å². The number of amides is 1. The molecule has 1 saturated carbocycles. The lowest BCUT2D eigenvalue weighted by Gasteiger charge is -2.26. The Morgan fingerprint density at radius 2 is 1.65 bits per heavy atom. The quantitative estimate of drug-likeness (QED) is 0.109. The van der Waals surface area contributed by atoms with Crippen LogP contribution in [0.5, 0.6) is 0 Å². The first-order valence-electron chi connectivity index (χ1n) is 19.4. The standard InChI is InChI=1S/C40H35ClF8N8O6S2/c1-39(2,64(3,60)61)18-5-6-21-25(12-18)51-37(57(38(21)59)27-8-7-24(41)31-33(27)55(15-28(44)45)53-36(31)54-65(4,62)63)26(11-17-9-19(42)13-20(43)10-17)50-29(58)16-56-34-30(32(52-56)35(46)47)22-14-23(22)40(34,48)49/h5-10,12-13,22-23,26,28,35H,11,14-16H2,1-4H3,(H,50,58)(H,53,54)/t22-,23+,26-/m0/s1. The minimum atomic E-state index is -4.16. The number of sulfonamides is 1. The van der Waals surface area contributed by atoms with Gasteiger partial charge in [0.15, 0.2) is 15.7 Å². The maximum atomic E-state index is 15.5. The number of alkyl halides is 6. The number of nitrogens with one attached hydrogen (secondary N) is 2. The SMILES string of the molecule is CC(C)(c1ccc2c(=O)n(-c3ccc(Cl)c4c(NS(C)(=O)=O)nn(CC(F)F)c34)c([C@H](Cc3cc(F)cc(F)c3)NC(=O)Cn3nc(C(F)F)c4c3C(F)(F)[C@@H]3C[C@H]43)nc2c1)S(C)(=O)=O. The third-order valence-corrected chi connectivity index (χ3v) is 14.6. The molecular formula is C40H35ClF8N8O6S2. The van der Waals surface area contributed by atoms with Crippen molar-refractivity contribution in [3.05, 3.63) is 109 Å². The van der Waals surface area contributed by atoms with Crippen molar-refractivity contribution in [1.29, 1.82) is 0 Å². The molecule has 0 spiro atoms. The van der Waals surface area contributed by atoms with Crippen LogP contribution < -0.4 is 15.6 Å². The predicted molar refractivity (Wildman–Crippen MR) is 221 cm³/mol. The van der Waals surface area contributed by atoms with Crippen molar-refractivity contribution in [2.75, 3.05) is 17.2 Å². The zero-order valence-electron chi connectivity index (χ0n) is 34.2. The fourth-order valence-corrected chi connectivity index (χ4v) is 9.63. The number of rotatable bonds is 14. The number of hydrogen-bond donors (Lipinski definition) is 2. The molecule has 2 aliphatic carbocycles. The smallest absolute Gasteiger partial charge is 0.293 e. The molecule has 14 nitrogen and oxygen atoms in total. The van der Waals surface area contributed by atoms with Crippen LogP contribution in [0.3, 0.4) is 0 Å². The molecule has 3 aromatic heterocycles. The molecular weight excluding hydrogens is 940 g/mol. The monoisotopic (exact) mass is 974 g/mol. The van der Waals surface area contributed by atoms with Crippen molar-refractivity contribution in [2.45, 2.75) is 75.3 Å². The summed E-state index contributed by atoms with van der Waals surface area (Å²) in [5, 5.41) is 9.46. The van der Waals surface area contributed by atoms with E-state index in [9.17, 15) is 48.0 Å². The summed E-state index contributed by atoms with van der Waals surface area (Å²) in [5.41, 5.74) is -4.21. The van der Waals surface area contributed by atoms with Crippen molar-refractivity contribution in [2.24, 2.45) is 5.92 Å². The molecule has 0 aliphatic heterocycles. The summed E-state index contributed by atoms with van der Waals surface area (Å²) in [5.74, 6) is -10.3. The number of hydrogen-bond acceptors (Lipinski definition) is 9. The van der Waals surface area contributed by atoms with Gasteiger partial charge in [-0.2, -0.15) is 19.0 Å². The number of carbonyl (C=O) groups is 1. The molecule has 346 valence electrons. The van der Waals surface area contributed by atoms with Crippen LogP contribution in [0.4, 0.5) is 40.9 Å². The highest BCUT2D eigenvalue weighted by molar-refractivity contribution is 7.92. The third kappa shape index (κ3) is 8.21. The Balaban J connectivity index is 1.39. The lowest BCUT2D eigenvalue weighted by atomic mass is 10.00. The Labute approximate surface area is 368 Å². The van der Waals surface area contributed by atoms with Gasteiger partial charge >= 0.3 is 0 Å². The van der Waals surface area contributed by atoms with E-state index in [2.05, 4.69) is 25.2 Å². The molecule has 65 heavy (non-hydrogen) atoms. The Morgan fingerprint density at radius 1 is 0.969 bits per heavy atom. The molecule has 6 aromatic rings. The Hall–Kier alpha value is -5.62. The molecule has 8 rings (SSSR count). The van der Waals surface area contributed by atoms with Crippen molar-refractivity contribution >= 4 is 65.0 Å². The minimum absolute atomic E-state index is 0.0713. The van der Waals surface area contributed by atoms with E-state index in [1.165, 1.54) is 38.1 Å². The van der Waals surface area contributed by atoms with Crippen LogP contribution in [0.1, 0.15) is 72.6 Å². The van der Waals surface area contributed by atoms with Gasteiger partial charge in [-0.25, -0.2) is 48.2 Å². The van der Waals surface area contributed by atoms with Crippen molar-refractivity contribution in [1.82, 2.24) is 34.4 Å². The molecule has 0 saturated heterocycles. The van der Waals surface area contributed by atoms with Gasteiger partial charge in [0, 0.05) is 30.2 Å². The largest absolute Gasteiger partial charge is 0.344 e. The number of sulfone groups is 1. The van der Waals surface area contributed by atoms with Crippen LogP contribution in [0.15, 0.2) is 53.3 Å². The van der Waals surface area contributed by atoms with Gasteiger partial charge in [0.1, 0.15) is 41.9 Å². The van der Waals surface area contributed by atoms with Crippen molar-refractivity contribution in [3.63, 3.8) is 0 Å². The summed E-state index contributed by atoms with van der Waals surface area (Å²) in [4.78, 5) is 33.9. The summed E-state index contributed by atoms with van der Waals surface area (Å²) >= 11 is 6.55. The van der Waals surface area contributed by atoms with Gasteiger partial charge in [-0.1, -0.05) is 17.7 Å².